The van der Waals surface area contributed by atoms with Crippen molar-refractivity contribution < 1.29 is 4.79 Å². The van der Waals surface area contributed by atoms with Gasteiger partial charge in [-0.25, -0.2) is 4.98 Å². The van der Waals surface area contributed by atoms with Gasteiger partial charge in [0.1, 0.15) is 9.71 Å². The molecule has 0 saturated carbocycles. The van der Waals surface area contributed by atoms with Crippen LogP contribution >= 0.6 is 22.9 Å². The number of thiophene rings is 1. The van der Waals surface area contributed by atoms with Crippen LogP contribution in [0, 0.1) is 5.92 Å². The first-order valence-electron chi connectivity index (χ1n) is 9.78. The number of anilines is 1. The smallest absolute Gasteiger partial charge is 0.263 e. The van der Waals surface area contributed by atoms with Gasteiger partial charge in [0, 0.05) is 22.6 Å². The minimum Gasteiger partial charge on any atom is -0.397 e. The number of nitrogens with one attached hydrogen (secondary N) is 1. The molecule has 0 bridgehead atoms. The van der Waals surface area contributed by atoms with Crippen LogP contribution < -0.4 is 11.1 Å². The van der Waals surface area contributed by atoms with E-state index in [4.69, 9.17) is 22.3 Å². The minimum atomic E-state index is -0.126. The second-order valence-electron chi connectivity index (χ2n) is 7.44. The molecule has 4 rings (SSSR count). The van der Waals surface area contributed by atoms with Crippen LogP contribution in [-0.4, -0.2) is 17.4 Å². The molecule has 3 aromatic rings. The summed E-state index contributed by atoms with van der Waals surface area (Å²) in [7, 11) is 0. The first-order valence-corrected chi connectivity index (χ1v) is 11.0. The number of pyridine rings is 1. The standard InChI is InChI=1S/C22H24ClN3OS/c1-2-13-5-8-18-15(11-13)12-17-19(24)20(28-22(17)26-18)21(27)25-10-9-14-3-6-16(23)7-4-14/h3-4,6-7,12-13H,2,5,8-11,24H2,1H3,(H,25,27)/t13-/m0/s1. The maximum absolute atomic E-state index is 12.7. The van der Waals surface area contributed by atoms with Crippen molar-refractivity contribution in [3.05, 3.63) is 57.1 Å². The molecule has 6 heteroatoms. The maximum Gasteiger partial charge on any atom is 0.263 e. The summed E-state index contributed by atoms with van der Waals surface area (Å²) in [5.41, 5.74) is 10.5. The molecular weight excluding hydrogens is 390 g/mol. The second kappa shape index (κ2) is 8.10. The molecule has 0 spiro atoms. The normalized spacial score (nSPS) is 16.1. The minimum absolute atomic E-state index is 0.126. The third kappa shape index (κ3) is 3.87. The largest absolute Gasteiger partial charge is 0.397 e. The average Bonchev–Trinajstić information content (AvgIpc) is 3.03. The zero-order chi connectivity index (χ0) is 19.7. The highest BCUT2D eigenvalue weighted by atomic mass is 35.5. The van der Waals surface area contributed by atoms with Crippen LogP contribution in [0.3, 0.4) is 0 Å². The van der Waals surface area contributed by atoms with E-state index in [1.54, 1.807) is 0 Å². The number of rotatable bonds is 5. The first kappa shape index (κ1) is 19.2. The summed E-state index contributed by atoms with van der Waals surface area (Å²) in [5.74, 6) is 0.598. The molecule has 1 aromatic carbocycles. The number of amides is 1. The monoisotopic (exact) mass is 413 g/mol. The molecule has 2 heterocycles. The average molecular weight is 414 g/mol. The Labute approximate surface area is 174 Å². The van der Waals surface area contributed by atoms with E-state index < -0.39 is 0 Å². The summed E-state index contributed by atoms with van der Waals surface area (Å²) in [4.78, 5) is 18.9. The summed E-state index contributed by atoms with van der Waals surface area (Å²) < 4.78 is 0. The predicted molar refractivity (Wildman–Crippen MR) is 117 cm³/mol. The number of fused-ring (bicyclic) bond motifs is 2. The quantitative estimate of drug-likeness (QED) is 0.617. The van der Waals surface area contributed by atoms with Crippen molar-refractivity contribution >= 4 is 44.7 Å². The van der Waals surface area contributed by atoms with Crippen molar-refractivity contribution in [2.45, 2.75) is 39.0 Å². The van der Waals surface area contributed by atoms with Crippen LogP contribution in [0.2, 0.25) is 5.02 Å². The summed E-state index contributed by atoms with van der Waals surface area (Å²) in [5, 5.41) is 4.61. The highest BCUT2D eigenvalue weighted by molar-refractivity contribution is 7.21. The first-order chi connectivity index (χ1) is 13.5. The Balaban J connectivity index is 1.49. The van der Waals surface area contributed by atoms with Gasteiger partial charge in [-0.3, -0.25) is 4.79 Å². The molecule has 3 N–H and O–H groups in total. The number of halogens is 1. The molecule has 1 aliphatic carbocycles. The van der Waals surface area contributed by atoms with Gasteiger partial charge in [0.2, 0.25) is 0 Å². The van der Waals surface area contributed by atoms with Crippen LogP contribution in [0.25, 0.3) is 10.2 Å². The van der Waals surface area contributed by atoms with Gasteiger partial charge in [0.15, 0.2) is 0 Å². The Morgan fingerprint density at radius 2 is 2.14 bits per heavy atom. The summed E-state index contributed by atoms with van der Waals surface area (Å²) in [6.07, 6.45) is 5.22. The SMILES string of the molecule is CC[C@H]1CCc2nc3sc(C(=O)NCCc4ccc(Cl)cc4)c(N)c3cc2C1. The fourth-order valence-electron chi connectivity index (χ4n) is 3.83. The van der Waals surface area contributed by atoms with Gasteiger partial charge in [-0.1, -0.05) is 37.1 Å². The van der Waals surface area contributed by atoms with Gasteiger partial charge in [-0.05, 0) is 60.9 Å². The van der Waals surface area contributed by atoms with Crippen LogP contribution in [-0.2, 0) is 19.3 Å². The topological polar surface area (TPSA) is 68.0 Å². The van der Waals surface area contributed by atoms with E-state index in [1.165, 1.54) is 35.4 Å². The molecule has 2 aromatic heterocycles. The molecule has 0 saturated heterocycles. The molecule has 1 amide bonds. The number of carbonyl (C=O) groups is 1. The molecular formula is C22H24ClN3OS. The zero-order valence-electron chi connectivity index (χ0n) is 15.9. The van der Waals surface area contributed by atoms with Gasteiger partial charge in [0.05, 0.1) is 5.69 Å². The number of aromatic nitrogens is 1. The highest BCUT2D eigenvalue weighted by Gasteiger charge is 2.23. The molecule has 4 nitrogen and oxygen atoms in total. The number of hydrogen-bond donors (Lipinski definition) is 2. The maximum atomic E-state index is 12.7. The van der Waals surface area contributed by atoms with E-state index in [1.807, 2.05) is 24.3 Å². The van der Waals surface area contributed by atoms with Crippen LogP contribution in [0.4, 0.5) is 5.69 Å². The zero-order valence-corrected chi connectivity index (χ0v) is 17.5. The van der Waals surface area contributed by atoms with E-state index >= 15 is 0 Å². The molecule has 0 aliphatic heterocycles. The highest BCUT2D eigenvalue weighted by Crippen LogP contribution is 2.36. The fraction of sp³-hybridized carbons (Fsp3) is 0.364. The Morgan fingerprint density at radius 1 is 1.36 bits per heavy atom. The lowest BCUT2D eigenvalue weighted by Gasteiger charge is -2.22. The van der Waals surface area contributed by atoms with Crippen molar-refractivity contribution in [3.63, 3.8) is 0 Å². The Hall–Kier alpha value is -2.11. The Morgan fingerprint density at radius 3 is 2.89 bits per heavy atom. The van der Waals surface area contributed by atoms with E-state index in [0.717, 1.165) is 41.0 Å². The molecule has 28 heavy (non-hydrogen) atoms. The van der Waals surface area contributed by atoms with Crippen molar-refractivity contribution in [3.8, 4) is 0 Å². The third-order valence-corrected chi connectivity index (χ3v) is 6.95. The second-order valence-corrected chi connectivity index (χ2v) is 8.88. The van der Waals surface area contributed by atoms with Crippen LogP contribution in [0.5, 0.6) is 0 Å². The molecule has 146 valence electrons. The van der Waals surface area contributed by atoms with Crippen molar-refractivity contribution in [1.82, 2.24) is 10.3 Å². The number of nitrogens with two attached hydrogens (primary N) is 1. The molecule has 0 radical (unpaired) electrons. The van der Waals surface area contributed by atoms with E-state index in [9.17, 15) is 4.79 Å². The molecule has 0 fully saturated rings. The Kier molecular flexibility index (Phi) is 5.56. The number of nitrogen functional groups attached to an aromatic ring is 1. The molecule has 1 aliphatic rings. The predicted octanol–water partition coefficient (Wildman–Crippen LogP) is 5.02. The lowest BCUT2D eigenvalue weighted by atomic mass is 9.85. The lowest BCUT2D eigenvalue weighted by Crippen LogP contribution is -2.25. The van der Waals surface area contributed by atoms with Gasteiger partial charge >= 0.3 is 0 Å². The molecule has 0 unspecified atom stereocenters. The third-order valence-electron chi connectivity index (χ3n) is 5.58. The van der Waals surface area contributed by atoms with Crippen LogP contribution in [0.1, 0.15) is 46.3 Å². The van der Waals surface area contributed by atoms with E-state index in [0.29, 0.717) is 22.1 Å². The van der Waals surface area contributed by atoms with Crippen molar-refractivity contribution in [2.24, 2.45) is 5.92 Å². The number of carbonyl (C=O) groups excluding carboxylic acids is 1. The summed E-state index contributed by atoms with van der Waals surface area (Å²) >= 11 is 7.30. The summed E-state index contributed by atoms with van der Waals surface area (Å²) in [6, 6.07) is 9.83. The van der Waals surface area contributed by atoms with Crippen LogP contribution in [0.15, 0.2) is 30.3 Å². The van der Waals surface area contributed by atoms with E-state index in [2.05, 4.69) is 18.3 Å². The van der Waals surface area contributed by atoms with Gasteiger partial charge in [-0.15, -0.1) is 11.3 Å². The Bertz CT molecular complexity index is 1010. The molecule has 1 atom stereocenters. The number of aryl methyl sites for hydroxylation is 1. The van der Waals surface area contributed by atoms with Gasteiger partial charge < -0.3 is 11.1 Å². The number of hydrogen-bond acceptors (Lipinski definition) is 4. The lowest BCUT2D eigenvalue weighted by molar-refractivity contribution is 0.0959. The fourth-order valence-corrected chi connectivity index (χ4v) is 4.97. The van der Waals surface area contributed by atoms with E-state index in [-0.39, 0.29) is 5.91 Å². The number of benzene rings is 1. The van der Waals surface area contributed by atoms with Crippen molar-refractivity contribution in [1.29, 1.82) is 0 Å². The van der Waals surface area contributed by atoms with Gasteiger partial charge in [0.25, 0.3) is 5.91 Å². The number of nitrogens with zero attached hydrogens (tertiary/aromatic N) is 1. The van der Waals surface area contributed by atoms with Gasteiger partial charge in [-0.2, -0.15) is 0 Å². The van der Waals surface area contributed by atoms with Crippen molar-refractivity contribution in [2.75, 3.05) is 12.3 Å². The summed E-state index contributed by atoms with van der Waals surface area (Å²) in [6.45, 7) is 2.79.